The standard InChI is InChI=1S/C25H26N6O/c1-25(2)6-5-20-19(11-25)24(30-15-27-20)31-7-8-32-22-4-3-16(9-18(22)13-31)17-10-21-23(26-12-17)29-14-28-21/h3-4,9-10,12,14-15H,5-8,11,13H2,1-2H3,(H,26,28,29). The number of fused-ring (bicyclic) bond motifs is 3. The number of imidazole rings is 1. The van der Waals surface area contributed by atoms with E-state index < -0.39 is 0 Å². The molecule has 0 saturated carbocycles. The number of aromatic amines is 1. The van der Waals surface area contributed by atoms with Crippen LogP contribution in [0.5, 0.6) is 5.75 Å². The van der Waals surface area contributed by atoms with Crippen LogP contribution in [0.4, 0.5) is 5.82 Å². The summed E-state index contributed by atoms with van der Waals surface area (Å²) in [6.07, 6.45) is 8.48. The molecule has 162 valence electrons. The molecule has 2 aliphatic rings. The van der Waals surface area contributed by atoms with Gasteiger partial charge in [-0.1, -0.05) is 19.9 Å². The molecule has 0 radical (unpaired) electrons. The number of hydrogen-bond donors (Lipinski definition) is 1. The quantitative estimate of drug-likeness (QED) is 0.514. The molecule has 0 unspecified atom stereocenters. The summed E-state index contributed by atoms with van der Waals surface area (Å²) in [7, 11) is 0. The van der Waals surface area contributed by atoms with Gasteiger partial charge < -0.3 is 14.6 Å². The minimum atomic E-state index is 0.276. The van der Waals surface area contributed by atoms with Crippen LogP contribution in [0.1, 0.15) is 37.1 Å². The van der Waals surface area contributed by atoms with Crippen molar-refractivity contribution in [1.29, 1.82) is 0 Å². The molecule has 4 aromatic rings. The molecule has 32 heavy (non-hydrogen) atoms. The van der Waals surface area contributed by atoms with E-state index in [4.69, 9.17) is 9.72 Å². The number of nitrogens with one attached hydrogen (secondary N) is 1. The van der Waals surface area contributed by atoms with E-state index >= 15 is 0 Å². The number of benzene rings is 1. The maximum atomic E-state index is 6.12. The van der Waals surface area contributed by atoms with Crippen LogP contribution < -0.4 is 9.64 Å². The van der Waals surface area contributed by atoms with Gasteiger partial charge in [-0.05, 0) is 48.4 Å². The molecule has 7 heteroatoms. The highest BCUT2D eigenvalue weighted by Crippen LogP contribution is 2.38. The van der Waals surface area contributed by atoms with Crippen molar-refractivity contribution in [2.45, 2.75) is 39.7 Å². The third kappa shape index (κ3) is 3.38. The van der Waals surface area contributed by atoms with Gasteiger partial charge in [-0.25, -0.2) is 19.9 Å². The fourth-order valence-corrected chi connectivity index (χ4v) is 4.87. The molecule has 6 rings (SSSR count). The fourth-order valence-electron chi connectivity index (χ4n) is 4.87. The predicted molar refractivity (Wildman–Crippen MR) is 124 cm³/mol. The lowest BCUT2D eigenvalue weighted by Crippen LogP contribution is -2.31. The summed E-state index contributed by atoms with van der Waals surface area (Å²) in [5.41, 5.74) is 7.78. The van der Waals surface area contributed by atoms with E-state index in [9.17, 15) is 0 Å². The number of anilines is 1. The van der Waals surface area contributed by atoms with Crippen LogP contribution in [0, 0.1) is 5.41 Å². The maximum Gasteiger partial charge on any atom is 0.177 e. The molecule has 7 nitrogen and oxygen atoms in total. The first-order valence-corrected chi connectivity index (χ1v) is 11.2. The lowest BCUT2D eigenvalue weighted by Gasteiger charge is -2.33. The van der Waals surface area contributed by atoms with Gasteiger partial charge in [0.15, 0.2) is 5.65 Å². The average molecular weight is 427 g/mol. The molecule has 0 amide bonds. The molecular formula is C25H26N6O. The second kappa shape index (κ2) is 7.29. The van der Waals surface area contributed by atoms with Crippen molar-refractivity contribution < 1.29 is 4.74 Å². The smallest absolute Gasteiger partial charge is 0.177 e. The zero-order valence-electron chi connectivity index (χ0n) is 18.4. The van der Waals surface area contributed by atoms with Gasteiger partial charge in [0.1, 0.15) is 24.5 Å². The van der Waals surface area contributed by atoms with Crippen LogP contribution in [0.25, 0.3) is 22.3 Å². The molecule has 0 fully saturated rings. The van der Waals surface area contributed by atoms with Gasteiger partial charge in [0, 0.05) is 35.1 Å². The topological polar surface area (TPSA) is 79.8 Å². The molecule has 1 aliphatic heterocycles. The first kappa shape index (κ1) is 19.2. The minimum Gasteiger partial charge on any atom is -0.491 e. The lowest BCUT2D eigenvalue weighted by atomic mass is 9.76. The molecule has 1 aliphatic carbocycles. The second-order valence-electron chi connectivity index (χ2n) is 9.55. The zero-order valence-corrected chi connectivity index (χ0v) is 18.4. The highest BCUT2D eigenvalue weighted by atomic mass is 16.5. The van der Waals surface area contributed by atoms with Gasteiger partial charge in [-0.2, -0.15) is 0 Å². The minimum absolute atomic E-state index is 0.276. The van der Waals surface area contributed by atoms with Gasteiger partial charge in [0.05, 0.1) is 18.4 Å². The molecule has 4 heterocycles. The number of pyridine rings is 1. The molecule has 0 atom stereocenters. The summed E-state index contributed by atoms with van der Waals surface area (Å²) in [6.45, 7) is 6.87. The number of aromatic nitrogens is 5. The van der Waals surface area contributed by atoms with Crippen molar-refractivity contribution >= 4 is 17.0 Å². The second-order valence-corrected chi connectivity index (χ2v) is 9.55. The van der Waals surface area contributed by atoms with E-state index in [1.165, 1.54) is 17.7 Å². The molecule has 0 saturated heterocycles. The van der Waals surface area contributed by atoms with E-state index in [1.54, 1.807) is 12.7 Å². The molecular weight excluding hydrogens is 400 g/mol. The molecule has 0 bridgehead atoms. The summed E-state index contributed by atoms with van der Waals surface area (Å²) in [4.78, 5) is 23.5. The summed E-state index contributed by atoms with van der Waals surface area (Å²) in [5.74, 6) is 2.00. The number of aryl methyl sites for hydroxylation is 1. The van der Waals surface area contributed by atoms with Crippen LogP contribution >= 0.6 is 0 Å². The van der Waals surface area contributed by atoms with Crippen LogP contribution in [0.15, 0.2) is 43.1 Å². The normalized spacial score (nSPS) is 17.4. The summed E-state index contributed by atoms with van der Waals surface area (Å²) in [6, 6.07) is 8.48. The van der Waals surface area contributed by atoms with Gasteiger partial charge in [0.2, 0.25) is 0 Å². The molecule has 1 N–H and O–H groups in total. The van der Waals surface area contributed by atoms with Crippen LogP contribution in [0.3, 0.4) is 0 Å². The molecule has 3 aromatic heterocycles. The number of nitrogens with zero attached hydrogens (tertiary/aromatic N) is 5. The van der Waals surface area contributed by atoms with Gasteiger partial charge in [-0.3, -0.25) is 0 Å². The Morgan fingerprint density at radius 3 is 2.94 bits per heavy atom. The van der Waals surface area contributed by atoms with E-state index in [1.807, 2.05) is 6.20 Å². The van der Waals surface area contributed by atoms with E-state index in [0.29, 0.717) is 6.61 Å². The largest absolute Gasteiger partial charge is 0.491 e. The van der Waals surface area contributed by atoms with E-state index in [2.05, 4.69) is 62.9 Å². The van der Waals surface area contributed by atoms with Crippen molar-refractivity contribution in [3.63, 3.8) is 0 Å². The van der Waals surface area contributed by atoms with Crippen molar-refractivity contribution in [3.05, 3.63) is 59.9 Å². The van der Waals surface area contributed by atoms with Gasteiger partial charge in [-0.15, -0.1) is 0 Å². The number of ether oxygens (including phenoxy) is 1. The van der Waals surface area contributed by atoms with Crippen LogP contribution in [-0.4, -0.2) is 38.1 Å². The Kier molecular flexibility index (Phi) is 4.38. The highest BCUT2D eigenvalue weighted by molar-refractivity contribution is 5.78. The Morgan fingerprint density at radius 2 is 2.00 bits per heavy atom. The average Bonchev–Trinajstić information content (AvgIpc) is 3.16. The van der Waals surface area contributed by atoms with Crippen molar-refractivity contribution in [1.82, 2.24) is 24.9 Å². The van der Waals surface area contributed by atoms with Crippen LogP contribution in [-0.2, 0) is 19.4 Å². The van der Waals surface area contributed by atoms with Crippen molar-refractivity contribution in [3.8, 4) is 16.9 Å². The zero-order chi connectivity index (χ0) is 21.7. The first-order chi connectivity index (χ1) is 15.6. The summed E-state index contributed by atoms with van der Waals surface area (Å²) >= 11 is 0. The van der Waals surface area contributed by atoms with Gasteiger partial charge >= 0.3 is 0 Å². The lowest BCUT2D eigenvalue weighted by molar-refractivity contribution is 0.310. The van der Waals surface area contributed by atoms with Crippen molar-refractivity contribution in [2.75, 3.05) is 18.1 Å². The Balaban J connectivity index is 1.36. The van der Waals surface area contributed by atoms with Crippen molar-refractivity contribution in [2.24, 2.45) is 5.41 Å². The third-order valence-electron chi connectivity index (χ3n) is 6.65. The molecule has 1 aromatic carbocycles. The summed E-state index contributed by atoms with van der Waals surface area (Å²) < 4.78 is 6.12. The number of rotatable bonds is 2. The maximum absolute atomic E-state index is 6.12. The Labute approximate surface area is 186 Å². The predicted octanol–water partition coefficient (Wildman–Crippen LogP) is 4.33. The van der Waals surface area contributed by atoms with Gasteiger partial charge in [0.25, 0.3) is 0 Å². The summed E-state index contributed by atoms with van der Waals surface area (Å²) in [5, 5.41) is 0. The number of H-pyrrole nitrogens is 1. The number of hydrogen-bond acceptors (Lipinski definition) is 6. The third-order valence-corrected chi connectivity index (χ3v) is 6.65. The van der Waals surface area contributed by atoms with Crippen LogP contribution in [0.2, 0.25) is 0 Å². The SMILES string of the molecule is CC1(C)CCc2ncnc(N3CCOc4ccc(-c5cnc6nc[nH]c6c5)cc4C3)c2C1. The van der Waals surface area contributed by atoms with E-state index in [0.717, 1.165) is 65.4 Å². The Morgan fingerprint density at radius 1 is 1.06 bits per heavy atom. The Bertz CT molecular complexity index is 1310. The Hall–Kier alpha value is -3.48. The van der Waals surface area contributed by atoms with E-state index in [-0.39, 0.29) is 5.41 Å². The fraction of sp³-hybridized carbons (Fsp3) is 0.360. The monoisotopic (exact) mass is 426 g/mol. The first-order valence-electron chi connectivity index (χ1n) is 11.2. The molecule has 0 spiro atoms. The highest BCUT2D eigenvalue weighted by Gasteiger charge is 2.30.